The van der Waals surface area contributed by atoms with Crippen molar-refractivity contribution in [3.05, 3.63) is 71.8 Å². The lowest BCUT2D eigenvalue weighted by atomic mass is 10.0. The monoisotopic (exact) mass is 388 g/mol. The minimum Gasteiger partial charge on any atom is -0.272 e. The van der Waals surface area contributed by atoms with Crippen LogP contribution in [-0.2, 0) is 14.6 Å². The Morgan fingerprint density at radius 2 is 1.62 bits per heavy atom. The third-order valence-electron chi connectivity index (χ3n) is 4.03. The highest BCUT2D eigenvalue weighted by atomic mass is 32.2. The minimum atomic E-state index is -2.92. The van der Waals surface area contributed by atoms with Crippen molar-refractivity contribution in [2.45, 2.75) is 11.7 Å². The fourth-order valence-electron chi connectivity index (χ4n) is 2.72. The zero-order chi connectivity index (χ0) is 18.4. The molecule has 26 heavy (non-hydrogen) atoms. The van der Waals surface area contributed by atoms with Gasteiger partial charge in [0.15, 0.2) is 9.84 Å². The average Bonchev–Trinajstić information content (AvgIpc) is 3.01. The lowest BCUT2D eigenvalue weighted by molar-refractivity contribution is -0.118. The number of nitrogens with zero attached hydrogens (tertiary/aromatic N) is 1. The number of benzene rings is 2. The fraction of sp³-hybridized carbons (Fsp3) is 0.263. The van der Waals surface area contributed by atoms with E-state index in [4.69, 9.17) is 0 Å². The predicted octanol–water partition coefficient (Wildman–Crippen LogP) is 2.48. The van der Waals surface area contributed by atoms with Gasteiger partial charge in [-0.1, -0.05) is 60.7 Å². The number of amides is 1. The van der Waals surface area contributed by atoms with Gasteiger partial charge >= 0.3 is 0 Å². The van der Waals surface area contributed by atoms with Gasteiger partial charge in [0.05, 0.1) is 23.0 Å². The van der Waals surface area contributed by atoms with Gasteiger partial charge in [0.25, 0.3) is 0 Å². The predicted molar refractivity (Wildman–Crippen MR) is 106 cm³/mol. The zero-order valence-corrected chi connectivity index (χ0v) is 15.8. The summed E-state index contributed by atoms with van der Waals surface area (Å²) >= 11 is 1.38. The van der Waals surface area contributed by atoms with Crippen molar-refractivity contribution >= 4 is 33.2 Å². The molecular weight excluding hydrogens is 368 g/mol. The van der Waals surface area contributed by atoms with Gasteiger partial charge in [-0.05, 0) is 6.42 Å². The van der Waals surface area contributed by atoms with Crippen LogP contribution in [0.3, 0.4) is 0 Å². The summed E-state index contributed by atoms with van der Waals surface area (Å²) in [6, 6.07) is 19.3. The molecule has 3 rings (SSSR count). The Balaban J connectivity index is 1.66. The number of rotatable bonds is 6. The Labute approximate surface area is 157 Å². The molecule has 0 spiro atoms. The van der Waals surface area contributed by atoms with Crippen LogP contribution < -0.4 is 5.43 Å². The van der Waals surface area contributed by atoms with E-state index in [1.54, 1.807) is 0 Å². The normalized spacial score (nSPS) is 18.2. The summed E-state index contributed by atoms with van der Waals surface area (Å²) in [5.74, 6) is 0.341. The Kier molecular flexibility index (Phi) is 6.11. The maximum absolute atomic E-state index is 12.1. The lowest BCUT2D eigenvalue weighted by Gasteiger charge is -2.09. The number of nitrogens with one attached hydrogen (secondary N) is 1. The van der Waals surface area contributed by atoms with Crippen molar-refractivity contribution in [3.8, 4) is 0 Å². The van der Waals surface area contributed by atoms with Crippen LogP contribution in [0.15, 0.2) is 65.8 Å². The molecule has 1 fully saturated rings. The minimum absolute atomic E-state index is 0.00236. The first kappa shape index (κ1) is 18.7. The van der Waals surface area contributed by atoms with E-state index >= 15 is 0 Å². The van der Waals surface area contributed by atoms with Crippen LogP contribution in [0.5, 0.6) is 0 Å². The number of sulfone groups is 1. The number of carbonyl (C=O) groups excluding carboxylic acids is 1. The second kappa shape index (κ2) is 8.51. The van der Waals surface area contributed by atoms with E-state index in [-0.39, 0.29) is 28.4 Å². The molecule has 1 atom stereocenters. The second-order valence-electron chi connectivity index (χ2n) is 6.06. The second-order valence-corrected chi connectivity index (χ2v) is 9.58. The van der Waals surface area contributed by atoms with Crippen molar-refractivity contribution in [1.29, 1.82) is 0 Å². The van der Waals surface area contributed by atoms with Gasteiger partial charge in [-0.2, -0.15) is 5.10 Å². The maximum atomic E-state index is 12.1. The third-order valence-corrected chi connectivity index (χ3v) is 7.31. The van der Waals surface area contributed by atoms with Crippen LogP contribution >= 0.6 is 11.8 Å². The smallest absolute Gasteiger partial charge is 0.250 e. The molecule has 0 aliphatic carbocycles. The summed E-state index contributed by atoms with van der Waals surface area (Å²) in [5, 5.41) is 4.32. The van der Waals surface area contributed by atoms with Gasteiger partial charge in [-0.3, -0.25) is 4.79 Å². The van der Waals surface area contributed by atoms with Crippen LogP contribution in [0, 0.1) is 0 Å². The molecule has 0 radical (unpaired) electrons. The van der Waals surface area contributed by atoms with Gasteiger partial charge < -0.3 is 0 Å². The number of hydrazone groups is 1. The Morgan fingerprint density at radius 3 is 2.12 bits per heavy atom. The van der Waals surface area contributed by atoms with Gasteiger partial charge in [-0.15, -0.1) is 11.8 Å². The highest BCUT2D eigenvalue weighted by Gasteiger charge is 2.28. The molecule has 0 aromatic heterocycles. The van der Waals surface area contributed by atoms with Crippen LogP contribution in [0.4, 0.5) is 0 Å². The lowest BCUT2D eigenvalue weighted by Crippen LogP contribution is -2.23. The highest BCUT2D eigenvalue weighted by Crippen LogP contribution is 2.24. The standard InChI is InChI=1S/C19H20N2O3S2/c22-18(13-25-17-11-12-26(23,24)14-17)20-21-19(15-7-3-1-4-8-15)16-9-5-2-6-10-16/h1-10,17H,11-14H2,(H,20,22). The van der Waals surface area contributed by atoms with Gasteiger partial charge in [0.2, 0.25) is 5.91 Å². The van der Waals surface area contributed by atoms with E-state index in [1.165, 1.54) is 11.8 Å². The fourth-order valence-corrected chi connectivity index (χ4v) is 6.16. The molecule has 2 aromatic rings. The van der Waals surface area contributed by atoms with Gasteiger partial charge in [-0.25, -0.2) is 13.8 Å². The summed E-state index contributed by atoms with van der Waals surface area (Å²) < 4.78 is 23.0. The highest BCUT2D eigenvalue weighted by molar-refractivity contribution is 8.02. The summed E-state index contributed by atoms with van der Waals surface area (Å²) in [6.45, 7) is 0. The van der Waals surface area contributed by atoms with Crippen molar-refractivity contribution in [3.63, 3.8) is 0 Å². The molecule has 7 heteroatoms. The van der Waals surface area contributed by atoms with Crippen molar-refractivity contribution < 1.29 is 13.2 Å². The van der Waals surface area contributed by atoms with E-state index < -0.39 is 9.84 Å². The molecule has 1 saturated heterocycles. The SMILES string of the molecule is O=C(CSC1CCS(=O)(=O)C1)NN=C(c1ccccc1)c1ccccc1. The Hall–Kier alpha value is -2.12. The molecule has 136 valence electrons. The van der Waals surface area contributed by atoms with Crippen molar-refractivity contribution in [2.75, 3.05) is 17.3 Å². The van der Waals surface area contributed by atoms with E-state index in [1.807, 2.05) is 60.7 Å². The van der Waals surface area contributed by atoms with Crippen LogP contribution in [0.25, 0.3) is 0 Å². The molecule has 2 aromatic carbocycles. The largest absolute Gasteiger partial charge is 0.272 e. The molecule has 0 bridgehead atoms. The molecule has 1 heterocycles. The molecule has 1 aliphatic heterocycles. The molecule has 0 saturated carbocycles. The average molecular weight is 389 g/mol. The molecule has 1 N–H and O–H groups in total. The Morgan fingerprint density at radius 1 is 1.04 bits per heavy atom. The molecule has 5 nitrogen and oxygen atoms in total. The topological polar surface area (TPSA) is 75.6 Å². The molecule has 1 unspecified atom stereocenters. The van der Waals surface area contributed by atoms with E-state index in [0.717, 1.165) is 11.1 Å². The molecule has 1 aliphatic rings. The first-order chi connectivity index (χ1) is 12.5. The number of hydrogen-bond acceptors (Lipinski definition) is 5. The van der Waals surface area contributed by atoms with Crippen LogP contribution in [0.1, 0.15) is 17.5 Å². The van der Waals surface area contributed by atoms with Crippen molar-refractivity contribution in [1.82, 2.24) is 5.43 Å². The molecule has 1 amide bonds. The number of thioether (sulfide) groups is 1. The quantitative estimate of drug-likeness (QED) is 0.609. The number of carbonyl (C=O) groups is 1. The number of hydrogen-bond donors (Lipinski definition) is 1. The van der Waals surface area contributed by atoms with E-state index in [0.29, 0.717) is 12.1 Å². The van der Waals surface area contributed by atoms with Crippen LogP contribution in [-0.4, -0.2) is 42.5 Å². The van der Waals surface area contributed by atoms with E-state index in [9.17, 15) is 13.2 Å². The van der Waals surface area contributed by atoms with Crippen molar-refractivity contribution in [2.24, 2.45) is 5.10 Å². The molecular formula is C19H20N2O3S2. The van der Waals surface area contributed by atoms with Gasteiger partial charge in [0, 0.05) is 16.4 Å². The van der Waals surface area contributed by atoms with Crippen LogP contribution in [0.2, 0.25) is 0 Å². The van der Waals surface area contributed by atoms with E-state index in [2.05, 4.69) is 10.5 Å². The first-order valence-corrected chi connectivity index (χ1v) is 11.2. The zero-order valence-electron chi connectivity index (χ0n) is 14.2. The van der Waals surface area contributed by atoms with Gasteiger partial charge in [0.1, 0.15) is 0 Å². The summed E-state index contributed by atoms with van der Waals surface area (Å²) in [6.07, 6.45) is 0.614. The third kappa shape index (κ3) is 5.19. The first-order valence-electron chi connectivity index (χ1n) is 8.33. The maximum Gasteiger partial charge on any atom is 0.250 e. The summed E-state index contributed by atoms with van der Waals surface area (Å²) in [5.41, 5.74) is 5.11. The Bertz CT molecular complexity index is 840. The summed E-state index contributed by atoms with van der Waals surface area (Å²) in [4.78, 5) is 12.1. The summed E-state index contributed by atoms with van der Waals surface area (Å²) in [7, 11) is -2.92.